The van der Waals surface area contributed by atoms with Crippen molar-refractivity contribution in [2.24, 2.45) is 5.92 Å². The zero-order valence-corrected chi connectivity index (χ0v) is 9.14. The standard InChI is InChI=1S/C9H17N.C3H4/c1-3-5-6-9(4-2)7-8-10;1-3-2/h9H,3-7H2,1-2H3;1H,2H3. The van der Waals surface area contributed by atoms with Crippen molar-refractivity contribution >= 4 is 0 Å². The number of nitrogens with zero attached hydrogens (tertiary/aromatic N) is 1. The maximum Gasteiger partial charge on any atom is 0.0624 e. The number of rotatable bonds is 5. The Labute approximate surface area is 83.2 Å². The third kappa shape index (κ3) is 14.0. The second kappa shape index (κ2) is 13.6. The lowest BCUT2D eigenvalue weighted by Gasteiger charge is -2.08. The second-order valence-corrected chi connectivity index (χ2v) is 3.07. The van der Waals surface area contributed by atoms with Crippen molar-refractivity contribution in [3.63, 3.8) is 0 Å². The molecule has 1 heteroatoms. The number of hydrogen-bond acceptors (Lipinski definition) is 1. The highest BCUT2D eigenvalue weighted by molar-refractivity contribution is 4.74. The summed E-state index contributed by atoms with van der Waals surface area (Å²) < 4.78 is 0. The van der Waals surface area contributed by atoms with Gasteiger partial charge in [0.05, 0.1) is 6.07 Å². The topological polar surface area (TPSA) is 23.8 Å². The average Bonchev–Trinajstić information content (AvgIpc) is 2.13. The van der Waals surface area contributed by atoms with Gasteiger partial charge in [0.25, 0.3) is 0 Å². The quantitative estimate of drug-likeness (QED) is 0.589. The zero-order valence-electron chi connectivity index (χ0n) is 9.14. The Morgan fingerprint density at radius 3 is 2.23 bits per heavy atom. The Morgan fingerprint density at radius 1 is 1.38 bits per heavy atom. The first-order valence-electron chi connectivity index (χ1n) is 5.00. The smallest absolute Gasteiger partial charge is 0.0624 e. The molecule has 0 amide bonds. The van der Waals surface area contributed by atoms with Gasteiger partial charge in [-0.1, -0.05) is 33.1 Å². The minimum Gasteiger partial charge on any atom is -0.198 e. The van der Waals surface area contributed by atoms with Crippen LogP contribution in [-0.2, 0) is 0 Å². The molecule has 13 heavy (non-hydrogen) atoms. The van der Waals surface area contributed by atoms with Crippen molar-refractivity contribution in [3.8, 4) is 18.4 Å². The van der Waals surface area contributed by atoms with Crippen LogP contribution in [-0.4, -0.2) is 0 Å². The fourth-order valence-electron chi connectivity index (χ4n) is 1.07. The number of terminal acetylenes is 1. The third-order valence-electron chi connectivity index (χ3n) is 1.92. The van der Waals surface area contributed by atoms with Crippen LogP contribution in [0.1, 0.15) is 52.9 Å². The molecule has 0 aromatic heterocycles. The summed E-state index contributed by atoms with van der Waals surface area (Å²) in [6.07, 6.45) is 10.3. The van der Waals surface area contributed by atoms with E-state index in [0.717, 1.165) is 12.8 Å². The maximum absolute atomic E-state index is 8.42. The Kier molecular flexibility index (Phi) is 15.3. The summed E-state index contributed by atoms with van der Waals surface area (Å²) in [4.78, 5) is 0. The largest absolute Gasteiger partial charge is 0.198 e. The molecular weight excluding hydrogens is 158 g/mol. The summed E-state index contributed by atoms with van der Waals surface area (Å²) in [5.74, 6) is 2.91. The first-order valence-corrected chi connectivity index (χ1v) is 5.00. The molecule has 1 unspecified atom stereocenters. The SMILES string of the molecule is C#CC.CCCCC(CC)CC#N. The minimum absolute atomic E-state index is 0.657. The van der Waals surface area contributed by atoms with Crippen LogP contribution >= 0.6 is 0 Å². The fraction of sp³-hybridized carbons (Fsp3) is 0.750. The Bertz CT molecular complexity index is 159. The molecule has 0 aromatic carbocycles. The molecule has 0 rings (SSSR count). The molecule has 0 saturated carbocycles. The van der Waals surface area contributed by atoms with Gasteiger partial charge in [0.2, 0.25) is 0 Å². The first kappa shape index (κ1) is 14.6. The van der Waals surface area contributed by atoms with Crippen LogP contribution < -0.4 is 0 Å². The van der Waals surface area contributed by atoms with Crippen molar-refractivity contribution in [3.05, 3.63) is 0 Å². The van der Waals surface area contributed by atoms with Crippen LogP contribution in [0.15, 0.2) is 0 Å². The number of hydrogen-bond donors (Lipinski definition) is 0. The number of unbranched alkanes of at least 4 members (excludes halogenated alkanes) is 1. The highest BCUT2D eigenvalue weighted by atomic mass is 14.2. The van der Waals surface area contributed by atoms with Crippen molar-refractivity contribution in [2.75, 3.05) is 0 Å². The third-order valence-corrected chi connectivity index (χ3v) is 1.92. The van der Waals surface area contributed by atoms with E-state index in [0.29, 0.717) is 5.92 Å². The fourth-order valence-corrected chi connectivity index (χ4v) is 1.07. The summed E-state index contributed by atoms with van der Waals surface area (Å²) in [5.41, 5.74) is 0. The van der Waals surface area contributed by atoms with E-state index < -0.39 is 0 Å². The van der Waals surface area contributed by atoms with Crippen LogP contribution in [0.3, 0.4) is 0 Å². The van der Waals surface area contributed by atoms with Gasteiger partial charge in [-0.2, -0.15) is 5.26 Å². The van der Waals surface area contributed by atoms with Gasteiger partial charge in [0.15, 0.2) is 0 Å². The van der Waals surface area contributed by atoms with Crippen molar-refractivity contribution < 1.29 is 0 Å². The van der Waals surface area contributed by atoms with E-state index in [2.05, 4.69) is 32.3 Å². The maximum atomic E-state index is 8.42. The normalized spacial score (nSPS) is 10.2. The molecule has 0 aliphatic carbocycles. The average molecular weight is 179 g/mol. The van der Waals surface area contributed by atoms with E-state index in [1.807, 2.05) is 0 Å². The van der Waals surface area contributed by atoms with E-state index in [4.69, 9.17) is 5.26 Å². The van der Waals surface area contributed by atoms with Crippen LogP contribution in [0.2, 0.25) is 0 Å². The van der Waals surface area contributed by atoms with E-state index >= 15 is 0 Å². The van der Waals surface area contributed by atoms with Gasteiger partial charge in [-0.3, -0.25) is 0 Å². The molecule has 0 aliphatic rings. The van der Waals surface area contributed by atoms with Crippen molar-refractivity contribution in [1.29, 1.82) is 5.26 Å². The van der Waals surface area contributed by atoms with E-state index in [1.54, 1.807) is 6.92 Å². The summed E-state index contributed by atoms with van der Waals surface area (Å²) >= 11 is 0. The molecule has 0 aliphatic heterocycles. The van der Waals surface area contributed by atoms with Gasteiger partial charge in [-0.05, 0) is 19.3 Å². The molecule has 0 aromatic rings. The molecule has 0 N–H and O–H groups in total. The second-order valence-electron chi connectivity index (χ2n) is 3.07. The molecule has 0 heterocycles. The molecule has 74 valence electrons. The summed E-state index contributed by atoms with van der Waals surface area (Å²) in [6.45, 7) is 6.01. The van der Waals surface area contributed by atoms with Crippen LogP contribution in [0.5, 0.6) is 0 Å². The summed E-state index contributed by atoms with van der Waals surface area (Å²) in [5, 5.41) is 8.42. The van der Waals surface area contributed by atoms with Gasteiger partial charge < -0.3 is 0 Å². The van der Waals surface area contributed by atoms with Gasteiger partial charge in [0, 0.05) is 6.42 Å². The lowest BCUT2D eigenvalue weighted by atomic mass is 9.97. The monoisotopic (exact) mass is 179 g/mol. The van der Waals surface area contributed by atoms with E-state index in [-0.39, 0.29) is 0 Å². The lowest BCUT2D eigenvalue weighted by Crippen LogP contribution is -1.96. The van der Waals surface area contributed by atoms with Gasteiger partial charge in [0.1, 0.15) is 0 Å². The van der Waals surface area contributed by atoms with Crippen LogP contribution in [0, 0.1) is 29.6 Å². The predicted octanol–water partition coefficient (Wildman–Crippen LogP) is 3.76. The highest BCUT2D eigenvalue weighted by Gasteiger charge is 2.03. The van der Waals surface area contributed by atoms with Gasteiger partial charge >= 0.3 is 0 Å². The number of nitriles is 1. The van der Waals surface area contributed by atoms with Crippen LogP contribution in [0.25, 0.3) is 0 Å². The predicted molar refractivity (Wildman–Crippen MR) is 58.0 cm³/mol. The molecule has 1 nitrogen and oxygen atoms in total. The molecule has 0 fully saturated rings. The molecule has 0 saturated heterocycles. The van der Waals surface area contributed by atoms with Gasteiger partial charge in [-0.25, -0.2) is 0 Å². The van der Waals surface area contributed by atoms with Crippen molar-refractivity contribution in [1.82, 2.24) is 0 Å². The van der Waals surface area contributed by atoms with Crippen molar-refractivity contribution in [2.45, 2.75) is 52.9 Å². The summed E-state index contributed by atoms with van der Waals surface area (Å²) in [6, 6.07) is 2.23. The molecule has 0 spiro atoms. The Hall–Kier alpha value is -0.950. The Balaban J connectivity index is 0. The van der Waals surface area contributed by atoms with E-state index in [9.17, 15) is 0 Å². The molecule has 1 atom stereocenters. The molecule has 0 bridgehead atoms. The molecule has 0 radical (unpaired) electrons. The zero-order chi connectivity index (χ0) is 10.5. The molecular formula is C12H21N. The highest BCUT2D eigenvalue weighted by Crippen LogP contribution is 2.15. The minimum atomic E-state index is 0.657. The Morgan fingerprint density at radius 2 is 1.92 bits per heavy atom. The lowest BCUT2D eigenvalue weighted by molar-refractivity contribution is 0.460. The summed E-state index contributed by atoms with van der Waals surface area (Å²) in [7, 11) is 0. The van der Waals surface area contributed by atoms with E-state index in [1.165, 1.54) is 19.3 Å². The van der Waals surface area contributed by atoms with Gasteiger partial charge in [-0.15, -0.1) is 12.3 Å². The van der Waals surface area contributed by atoms with Crippen LogP contribution in [0.4, 0.5) is 0 Å². The first-order chi connectivity index (χ1) is 6.26.